The molecule has 0 aromatic carbocycles. The summed E-state index contributed by atoms with van der Waals surface area (Å²) in [4.78, 5) is 14.5. The molecule has 0 saturated carbocycles. The van der Waals surface area contributed by atoms with Gasteiger partial charge in [0.2, 0.25) is 0 Å². The molecular weight excluding hydrogens is 206 g/mol. The predicted octanol–water partition coefficient (Wildman–Crippen LogP) is 0.703. The Bertz CT molecular complexity index is 238. The fraction of sp³-hybridized carbons (Fsp3) is 0.917. The first-order valence-electron chi connectivity index (χ1n) is 6.26. The number of hydrogen-bond acceptors (Lipinski definition) is 4. The zero-order valence-corrected chi connectivity index (χ0v) is 9.98. The van der Waals surface area contributed by atoms with Gasteiger partial charge in [-0.1, -0.05) is 6.92 Å². The summed E-state index contributed by atoms with van der Waals surface area (Å²) in [6.07, 6.45) is 1.53. The summed E-state index contributed by atoms with van der Waals surface area (Å²) >= 11 is 0. The number of rotatable bonds is 3. The van der Waals surface area contributed by atoms with Crippen molar-refractivity contribution in [2.45, 2.75) is 25.9 Å². The largest absolute Gasteiger partial charge is 0.381 e. The normalized spacial score (nSPS) is 29.2. The Morgan fingerprint density at radius 3 is 2.75 bits per heavy atom. The van der Waals surface area contributed by atoms with Crippen molar-refractivity contribution >= 4 is 5.78 Å². The lowest BCUT2D eigenvalue weighted by Gasteiger charge is -2.33. The lowest BCUT2D eigenvalue weighted by molar-refractivity contribution is -0.143. The maximum atomic E-state index is 12.2. The van der Waals surface area contributed by atoms with Crippen LogP contribution >= 0.6 is 0 Å². The topological polar surface area (TPSA) is 38.8 Å². The lowest BCUT2D eigenvalue weighted by atomic mass is 9.91. The molecule has 92 valence electrons. The number of ketones is 1. The quantitative estimate of drug-likeness (QED) is 0.711. The monoisotopic (exact) mass is 227 g/mol. The van der Waals surface area contributed by atoms with E-state index in [-0.39, 0.29) is 12.0 Å². The molecule has 4 nitrogen and oxygen atoms in total. The highest BCUT2D eigenvalue weighted by atomic mass is 16.5. The summed E-state index contributed by atoms with van der Waals surface area (Å²) in [6.45, 7) is 6.98. The molecule has 2 aliphatic heterocycles. The van der Waals surface area contributed by atoms with Crippen molar-refractivity contribution in [1.29, 1.82) is 0 Å². The number of ether oxygens (including phenoxy) is 2. The Balaban J connectivity index is 1.87. The maximum absolute atomic E-state index is 12.2. The molecule has 0 aromatic heterocycles. The number of nitrogens with zero attached hydrogens (tertiary/aromatic N) is 1. The highest BCUT2D eigenvalue weighted by Gasteiger charge is 2.32. The molecule has 16 heavy (non-hydrogen) atoms. The summed E-state index contributed by atoms with van der Waals surface area (Å²) in [5, 5.41) is 0. The molecular formula is C12H21NO3. The minimum absolute atomic E-state index is 0.163. The van der Waals surface area contributed by atoms with Crippen LogP contribution in [0.5, 0.6) is 0 Å². The zero-order valence-electron chi connectivity index (χ0n) is 9.98. The van der Waals surface area contributed by atoms with Crippen molar-refractivity contribution in [1.82, 2.24) is 4.90 Å². The number of carbonyl (C=O) groups is 1. The number of hydrogen-bond donors (Lipinski definition) is 0. The number of carbonyl (C=O) groups excluding carboxylic acids is 1. The van der Waals surface area contributed by atoms with Gasteiger partial charge in [-0.15, -0.1) is 0 Å². The second-order valence-electron chi connectivity index (χ2n) is 4.54. The van der Waals surface area contributed by atoms with E-state index in [1.165, 1.54) is 0 Å². The standard InChI is InChI=1S/C12H21NO3/c1-2-13-5-8-16-11(9-13)12(14)10-3-6-15-7-4-10/h10-11H,2-9H2,1H3. The Morgan fingerprint density at radius 1 is 1.31 bits per heavy atom. The molecule has 2 rings (SSSR count). The van der Waals surface area contributed by atoms with Gasteiger partial charge in [0.1, 0.15) is 6.10 Å². The molecule has 2 fully saturated rings. The van der Waals surface area contributed by atoms with Crippen LogP contribution in [0.3, 0.4) is 0 Å². The average Bonchev–Trinajstić information content (AvgIpc) is 2.39. The van der Waals surface area contributed by atoms with Gasteiger partial charge in [0.05, 0.1) is 6.61 Å². The smallest absolute Gasteiger partial charge is 0.166 e. The Hall–Kier alpha value is -0.450. The first-order valence-corrected chi connectivity index (χ1v) is 6.26. The predicted molar refractivity (Wildman–Crippen MR) is 60.4 cm³/mol. The molecule has 2 heterocycles. The Kier molecular flexibility index (Phi) is 4.32. The van der Waals surface area contributed by atoms with Gasteiger partial charge in [-0.25, -0.2) is 0 Å². The van der Waals surface area contributed by atoms with Gasteiger partial charge in [-0.05, 0) is 19.4 Å². The van der Waals surface area contributed by atoms with Gasteiger partial charge in [0, 0.05) is 32.2 Å². The van der Waals surface area contributed by atoms with E-state index in [0.717, 1.165) is 45.7 Å². The SMILES string of the molecule is CCN1CCOC(C(=O)C2CCOCC2)C1. The van der Waals surface area contributed by atoms with E-state index < -0.39 is 0 Å². The number of morpholine rings is 1. The summed E-state index contributed by atoms with van der Waals surface area (Å²) in [5.74, 6) is 0.456. The van der Waals surface area contributed by atoms with E-state index >= 15 is 0 Å². The van der Waals surface area contributed by atoms with Crippen molar-refractivity contribution < 1.29 is 14.3 Å². The maximum Gasteiger partial charge on any atom is 0.166 e. The van der Waals surface area contributed by atoms with E-state index in [2.05, 4.69) is 11.8 Å². The third-order valence-corrected chi connectivity index (χ3v) is 3.54. The number of likely N-dealkylation sites (N-methyl/N-ethyl adjacent to an activating group) is 1. The van der Waals surface area contributed by atoms with Crippen LogP contribution in [-0.4, -0.2) is 56.2 Å². The minimum atomic E-state index is -0.197. The molecule has 2 saturated heterocycles. The molecule has 0 bridgehead atoms. The van der Waals surface area contributed by atoms with E-state index in [1.807, 2.05) is 0 Å². The second-order valence-corrected chi connectivity index (χ2v) is 4.54. The Morgan fingerprint density at radius 2 is 2.06 bits per heavy atom. The molecule has 0 spiro atoms. The molecule has 0 N–H and O–H groups in total. The van der Waals surface area contributed by atoms with Crippen molar-refractivity contribution in [3.8, 4) is 0 Å². The first kappa shape index (κ1) is 12.0. The lowest BCUT2D eigenvalue weighted by Crippen LogP contribution is -2.48. The minimum Gasteiger partial charge on any atom is -0.381 e. The van der Waals surface area contributed by atoms with Gasteiger partial charge in [-0.2, -0.15) is 0 Å². The van der Waals surface area contributed by atoms with Crippen molar-refractivity contribution in [2.24, 2.45) is 5.92 Å². The van der Waals surface area contributed by atoms with Crippen LogP contribution in [0.2, 0.25) is 0 Å². The molecule has 2 aliphatic rings. The van der Waals surface area contributed by atoms with Crippen LogP contribution in [0, 0.1) is 5.92 Å². The van der Waals surface area contributed by atoms with Crippen LogP contribution in [0.15, 0.2) is 0 Å². The van der Waals surface area contributed by atoms with Gasteiger partial charge in [0.15, 0.2) is 5.78 Å². The summed E-state index contributed by atoms with van der Waals surface area (Å²) in [5.41, 5.74) is 0. The number of Topliss-reactive ketones (excluding diaryl/α,β-unsaturated/α-hetero) is 1. The van der Waals surface area contributed by atoms with E-state index in [0.29, 0.717) is 12.4 Å². The molecule has 0 aromatic rings. The van der Waals surface area contributed by atoms with E-state index in [1.54, 1.807) is 0 Å². The summed E-state index contributed by atoms with van der Waals surface area (Å²) in [7, 11) is 0. The molecule has 0 amide bonds. The van der Waals surface area contributed by atoms with Gasteiger partial charge in [-0.3, -0.25) is 9.69 Å². The van der Waals surface area contributed by atoms with Crippen molar-refractivity contribution in [3.63, 3.8) is 0 Å². The Labute approximate surface area is 96.9 Å². The fourth-order valence-electron chi connectivity index (χ4n) is 2.41. The van der Waals surface area contributed by atoms with Crippen molar-refractivity contribution in [3.05, 3.63) is 0 Å². The summed E-state index contributed by atoms with van der Waals surface area (Å²) < 4.78 is 10.9. The molecule has 1 unspecified atom stereocenters. The third-order valence-electron chi connectivity index (χ3n) is 3.54. The second kappa shape index (κ2) is 5.75. The molecule has 0 aliphatic carbocycles. The van der Waals surface area contributed by atoms with E-state index in [4.69, 9.17) is 9.47 Å². The zero-order chi connectivity index (χ0) is 11.4. The highest BCUT2D eigenvalue weighted by molar-refractivity contribution is 5.85. The van der Waals surface area contributed by atoms with Gasteiger partial charge < -0.3 is 9.47 Å². The van der Waals surface area contributed by atoms with Gasteiger partial charge >= 0.3 is 0 Å². The van der Waals surface area contributed by atoms with Crippen LogP contribution in [0.4, 0.5) is 0 Å². The first-order chi connectivity index (χ1) is 7.81. The highest BCUT2D eigenvalue weighted by Crippen LogP contribution is 2.20. The van der Waals surface area contributed by atoms with E-state index in [9.17, 15) is 4.79 Å². The van der Waals surface area contributed by atoms with Crippen LogP contribution in [0.25, 0.3) is 0 Å². The van der Waals surface area contributed by atoms with Crippen LogP contribution < -0.4 is 0 Å². The summed E-state index contributed by atoms with van der Waals surface area (Å²) in [6, 6.07) is 0. The van der Waals surface area contributed by atoms with Crippen LogP contribution in [0.1, 0.15) is 19.8 Å². The molecule has 1 atom stereocenters. The van der Waals surface area contributed by atoms with Crippen molar-refractivity contribution in [2.75, 3.05) is 39.5 Å². The fourth-order valence-corrected chi connectivity index (χ4v) is 2.41. The molecule has 0 radical (unpaired) electrons. The van der Waals surface area contributed by atoms with Gasteiger partial charge in [0.25, 0.3) is 0 Å². The average molecular weight is 227 g/mol. The third kappa shape index (κ3) is 2.81. The van der Waals surface area contributed by atoms with Crippen LogP contribution in [-0.2, 0) is 14.3 Å². The molecule has 4 heteroatoms.